The van der Waals surface area contributed by atoms with E-state index >= 15 is 0 Å². The minimum Gasteiger partial charge on any atom is -0.478 e. The van der Waals surface area contributed by atoms with Crippen LogP contribution < -0.4 is 4.74 Å². The molecule has 1 aromatic heterocycles. The summed E-state index contributed by atoms with van der Waals surface area (Å²) in [7, 11) is 0. The Labute approximate surface area is 107 Å². The van der Waals surface area contributed by atoms with Crippen molar-refractivity contribution in [3.8, 4) is 5.88 Å². The van der Waals surface area contributed by atoms with Crippen LogP contribution in [0.3, 0.4) is 0 Å². The van der Waals surface area contributed by atoms with E-state index in [0.29, 0.717) is 11.8 Å². The fourth-order valence-corrected chi connectivity index (χ4v) is 2.56. The average molecular weight is 249 g/mol. The Balaban J connectivity index is 2.07. The van der Waals surface area contributed by atoms with Crippen LogP contribution in [0.15, 0.2) is 18.3 Å². The second-order valence-corrected chi connectivity index (χ2v) is 4.80. The van der Waals surface area contributed by atoms with Crippen molar-refractivity contribution in [3.05, 3.63) is 23.9 Å². The van der Waals surface area contributed by atoms with Gasteiger partial charge in [0.1, 0.15) is 6.10 Å². The molecule has 4 heteroatoms. The number of carboxylic acids is 1. The second-order valence-electron chi connectivity index (χ2n) is 4.80. The molecule has 0 aromatic carbocycles. The van der Waals surface area contributed by atoms with Crippen molar-refractivity contribution in [2.24, 2.45) is 5.92 Å². The molecule has 2 atom stereocenters. The third-order valence-corrected chi connectivity index (χ3v) is 3.62. The first-order valence-corrected chi connectivity index (χ1v) is 6.56. The summed E-state index contributed by atoms with van der Waals surface area (Å²) in [6.45, 7) is 2.17. The van der Waals surface area contributed by atoms with Crippen molar-refractivity contribution in [1.29, 1.82) is 0 Å². The minimum atomic E-state index is -0.946. The first kappa shape index (κ1) is 12.9. The van der Waals surface area contributed by atoms with Gasteiger partial charge in [-0.25, -0.2) is 9.78 Å². The van der Waals surface area contributed by atoms with Crippen LogP contribution >= 0.6 is 0 Å². The number of carboxylic acid groups (broad SMARTS) is 1. The molecule has 0 bridgehead atoms. The summed E-state index contributed by atoms with van der Waals surface area (Å²) in [5.41, 5.74) is 0.226. The topological polar surface area (TPSA) is 59.4 Å². The zero-order chi connectivity index (χ0) is 13.0. The third kappa shape index (κ3) is 3.00. The predicted octanol–water partition coefficient (Wildman–Crippen LogP) is 3.13. The molecule has 18 heavy (non-hydrogen) atoms. The summed E-state index contributed by atoms with van der Waals surface area (Å²) in [4.78, 5) is 15.0. The molecule has 98 valence electrons. The van der Waals surface area contributed by atoms with Gasteiger partial charge in [-0.1, -0.05) is 13.3 Å². The highest BCUT2D eigenvalue weighted by atomic mass is 16.5. The molecule has 0 radical (unpaired) electrons. The molecule has 1 aromatic rings. The van der Waals surface area contributed by atoms with Gasteiger partial charge < -0.3 is 9.84 Å². The highest BCUT2D eigenvalue weighted by Crippen LogP contribution is 2.29. The number of aromatic carboxylic acids is 1. The second kappa shape index (κ2) is 5.85. The van der Waals surface area contributed by atoms with Crippen molar-refractivity contribution in [2.75, 3.05) is 0 Å². The van der Waals surface area contributed by atoms with Gasteiger partial charge in [0, 0.05) is 12.3 Å². The van der Waals surface area contributed by atoms with E-state index in [9.17, 15) is 4.79 Å². The third-order valence-electron chi connectivity index (χ3n) is 3.62. The van der Waals surface area contributed by atoms with Gasteiger partial charge >= 0.3 is 5.97 Å². The average Bonchev–Trinajstić information content (AvgIpc) is 2.39. The highest BCUT2D eigenvalue weighted by molar-refractivity contribution is 5.87. The van der Waals surface area contributed by atoms with Crippen LogP contribution in [0.5, 0.6) is 5.88 Å². The van der Waals surface area contributed by atoms with Gasteiger partial charge in [0.15, 0.2) is 0 Å². The molecule has 2 unspecified atom stereocenters. The maximum absolute atomic E-state index is 10.9. The van der Waals surface area contributed by atoms with Crippen molar-refractivity contribution in [1.82, 2.24) is 4.98 Å². The molecule has 1 heterocycles. The number of ether oxygens (including phenoxy) is 1. The molecule has 0 aliphatic heterocycles. The number of carbonyl (C=O) groups is 1. The number of aromatic nitrogens is 1. The highest BCUT2D eigenvalue weighted by Gasteiger charge is 2.25. The first-order valence-electron chi connectivity index (χ1n) is 6.56. The molecule has 0 spiro atoms. The van der Waals surface area contributed by atoms with Crippen LogP contribution in [0, 0.1) is 5.92 Å². The van der Waals surface area contributed by atoms with Crippen molar-refractivity contribution < 1.29 is 14.6 Å². The molecule has 2 rings (SSSR count). The Bertz CT molecular complexity index is 419. The summed E-state index contributed by atoms with van der Waals surface area (Å²) in [5, 5.41) is 8.93. The van der Waals surface area contributed by atoms with Crippen LogP contribution in [0.25, 0.3) is 0 Å². The van der Waals surface area contributed by atoms with Crippen molar-refractivity contribution >= 4 is 5.97 Å². The van der Waals surface area contributed by atoms with Crippen LogP contribution in [-0.2, 0) is 0 Å². The number of hydrogen-bond donors (Lipinski definition) is 1. The fraction of sp³-hybridized carbons (Fsp3) is 0.571. The Morgan fingerprint density at radius 1 is 1.50 bits per heavy atom. The van der Waals surface area contributed by atoms with E-state index in [1.54, 1.807) is 0 Å². The molecule has 0 amide bonds. The van der Waals surface area contributed by atoms with Crippen molar-refractivity contribution in [2.45, 2.75) is 45.1 Å². The van der Waals surface area contributed by atoms with Crippen LogP contribution in [0.2, 0.25) is 0 Å². The van der Waals surface area contributed by atoms with Gasteiger partial charge in [0.05, 0.1) is 5.56 Å². The lowest BCUT2D eigenvalue weighted by molar-refractivity contribution is 0.0690. The lowest BCUT2D eigenvalue weighted by Crippen LogP contribution is -2.30. The number of nitrogens with zero attached hydrogens (tertiary/aromatic N) is 1. The van der Waals surface area contributed by atoms with E-state index in [1.165, 1.54) is 37.6 Å². The molecular formula is C14H19NO3. The van der Waals surface area contributed by atoms with Crippen LogP contribution in [-0.4, -0.2) is 22.2 Å². The quantitative estimate of drug-likeness (QED) is 0.890. The number of hydrogen-bond acceptors (Lipinski definition) is 3. The number of pyridine rings is 1. The Hall–Kier alpha value is -1.58. The summed E-state index contributed by atoms with van der Waals surface area (Å²) in [5.74, 6) is 0.0484. The van der Waals surface area contributed by atoms with Crippen molar-refractivity contribution in [3.63, 3.8) is 0 Å². The van der Waals surface area contributed by atoms with Gasteiger partial charge in [-0.15, -0.1) is 0 Å². The molecule has 1 aliphatic carbocycles. The SMILES string of the molecule is CCC1CCCCC1Oc1cc(C(=O)O)ccn1. The Kier molecular flexibility index (Phi) is 4.18. The van der Waals surface area contributed by atoms with E-state index < -0.39 is 5.97 Å². The lowest BCUT2D eigenvalue weighted by Gasteiger charge is -2.30. The Morgan fingerprint density at radius 2 is 2.28 bits per heavy atom. The standard InChI is InChI=1S/C14H19NO3/c1-2-10-5-3-4-6-12(10)18-13-9-11(14(16)17)7-8-15-13/h7-10,12H,2-6H2,1H3,(H,16,17). The van der Waals surface area contributed by atoms with E-state index in [1.807, 2.05) is 0 Å². The van der Waals surface area contributed by atoms with E-state index in [2.05, 4.69) is 11.9 Å². The van der Waals surface area contributed by atoms with Crippen LogP contribution in [0.4, 0.5) is 0 Å². The minimum absolute atomic E-state index is 0.181. The normalized spacial score (nSPS) is 23.6. The fourth-order valence-electron chi connectivity index (χ4n) is 2.56. The molecule has 4 nitrogen and oxygen atoms in total. The first-order chi connectivity index (χ1) is 8.70. The molecule has 1 aliphatic rings. The van der Waals surface area contributed by atoms with Gasteiger partial charge in [0.2, 0.25) is 5.88 Å². The largest absolute Gasteiger partial charge is 0.478 e. The molecule has 1 N–H and O–H groups in total. The van der Waals surface area contributed by atoms with Gasteiger partial charge in [-0.05, 0) is 37.7 Å². The Morgan fingerprint density at radius 3 is 3.00 bits per heavy atom. The van der Waals surface area contributed by atoms with Crippen LogP contribution in [0.1, 0.15) is 49.4 Å². The maximum Gasteiger partial charge on any atom is 0.335 e. The van der Waals surface area contributed by atoms with E-state index in [-0.39, 0.29) is 11.7 Å². The molecule has 1 saturated carbocycles. The van der Waals surface area contributed by atoms with Gasteiger partial charge in [-0.2, -0.15) is 0 Å². The molecule has 0 saturated heterocycles. The predicted molar refractivity (Wildman–Crippen MR) is 67.9 cm³/mol. The zero-order valence-corrected chi connectivity index (χ0v) is 10.6. The molecule has 1 fully saturated rings. The zero-order valence-electron chi connectivity index (χ0n) is 10.6. The summed E-state index contributed by atoms with van der Waals surface area (Å²) >= 11 is 0. The van der Waals surface area contributed by atoms with Gasteiger partial charge in [-0.3, -0.25) is 0 Å². The summed E-state index contributed by atoms with van der Waals surface area (Å²) in [6, 6.07) is 2.98. The smallest absolute Gasteiger partial charge is 0.335 e. The summed E-state index contributed by atoms with van der Waals surface area (Å²) < 4.78 is 5.88. The maximum atomic E-state index is 10.9. The van der Waals surface area contributed by atoms with E-state index in [0.717, 1.165) is 12.8 Å². The van der Waals surface area contributed by atoms with E-state index in [4.69, 9.17) is 9.84 Å². The lowest BCUT2D eigenvalue weighted by atomic mass is 9.85. The number of rotatable bonds is 4. The monoisotopic (exact) mass is 249 g/mol. The summed E-state index contributed by atoms with van der Waals surface area (Å²) in [6.07, 6.45) is 7.45. The van der Waals surface area contributed by atoms with Gasteiger partial charge in [0.25, 0.3) is 0 Å². The molecular weight excluding hydrogens is 230 g/mol.